The molecule has 0 heterocycles. The number of ketones is 1. The molecule has 1 rings (SSSR count). The minimum absolute atomic E-state index is 0. The molecule has 0 amide bonds. The average molecular weight is 186 g/mol. The SMILES string of the molecule is CC(=O)CC([O-])c1ccccc1.[Na+]. The summed E-state index contributed by atoms with van der Waals surface area (Å²) in [6.07, 6.45) is -0.812. The van der Waals surface area contributed by atoms with Crippen LogP contribution in [0.5, 0.6) is 0 Å². The van der Waals surface area contributed by atoms with Gasteiger partial charge in [-0.2, -0.15) is 0 Å². The summed E-state index contributed by atoms with van der Waals surface area (Å²) in [6, 6.07) is 8.96. The molecule has 0 aromatic heterocycles. The summed E-state index contributed by atoms with van der Waals surface area (Å²) >= 11 is 0. The normalized spacial score (nSPS) is 11.5. The van der Waals surface area contributed by atoms with Crippen LogP contribution >= 0.6 is 0 Å². The van der Waals surface area contributed by atoms with Gasteiger partial charge in [0.1, 0.15) is 5.78 Å². The first-order chi connectivity index (χ1) is 5.70. The first-order valence-corrected chi connectivity index (χ1v) is 3.90. The van der Waals surface area contributed by atoms with Crippen LogP contribution in [0.4, 0.5) is 0 Å². The van der Waals surface area contributed by atoms with Crippen LogP contribution in [0.1, 0.15) is 25.0 Å². The second-order valence-corrected chi connectivity index (χ2v) is 2.81. The van der Waals surface area contributed by atoms with E-state index >= 15 is 0 Å². The number of hydrogen-bond donors (Lipinski definition) is 0. The van der Waals surface area contributed by atoms with Crippen molar-refractivity contribution < 1.29 is 39.5 Å². The monoisotopic (exact) mass is 186 g/mol. The fourth-order valence-electron chi connectivity index (χ4n) is 1.05. The van der Waals surface area contributed by atoms with Crippen LogP contribution in [-0.2, 0) is 4.79 Å². The largest absolute Gasteiger partial charge is 1.00 e. The number of hydrogen-bond acceptors (Lipinski definition) is 2. The van der Waals surface area contributed by atoms with Crippen LogP contribution < -0.4 is 34.7 Å². The number of rotatable bonds is 3. The van der Waals surface area contributed by atoms with Gasteiger partial charge in [-0.05, 0) is 13.3 Å². The summed E-state index contributed by atoms with van der Waals surface area (Å²) in [5.41, 5.74) is 0.688. The smallest absolute Gasteiger partial charge is 0.848 e. The third-order valence-electron chi connectivity index (χ3n) is 1.64. The minimum atomic E-state index is -0.899. The summed E-state index contributed by atoms with van der Waals surface area (Å²) < 4.78 is 0. The second-order valence-electron chi connectivity index (χ2n) is 2.81. The van der Waals surface area contributed by atoms with Gasteiger partial charge in [-0.3, -0.25) is 0 Å². The van der Waals surface area contributed by atoms with Crippen LogP contribution in [0.25, 0.3) is 0 Å². The maximum absolute atomic E-state index is 11.3. The predicted octanol–water partition coefficient (Wildman–Crippen LogP) is -1.93. The number of carbonyl (C=O) groups is 1. The molecule has 0 bridgehead atoms. The van der Waals surface area contributed by atoms with E-state index in [4.69, 9.17) is 0 Å². The Morgan fingerprint density at radius 3 is 2.38 bits per heavy atom. The Morgan fingerprint density at radius 1 is 1.38 bits per heavy atom. The molecule has 0 aliphatic heterocycles. The molecule has 64 valence electrons. The van der Waals surface area contributed by atoms with Gasteiger partial charge in [-0.15, -0.1) is 0 Å². The van der Waals surface area contributed by atoms with E-state index in [1.807, 2.05) is 6.07 Å². The van der Waals surface area contributed by atoms with Crippen molar-refractivity contribution in [1.29, 1.82) is 0 Å². The maximum Gasteiger partial charge on any atom is 1.00 e. The van der Waals surface area contributed by atoms with E-state index in [1.165, 1.54) is 6.92 Å². The minimum Gasteiger partial charge on any atom is -0.848 e. The zero-order chi connectivity index (χ0) is 8.97. The third kappa shape index (κ3) is 4.58. The van der Waals surface area contributed by atoms with Gasteiger partial charge in [0.25, 0.3) is 0 Å². The Balaban J connectivity index is 0.00000144. The molecule has 0 saturated carbocycles. The molecule has 0 fully saturated rings. The van der Waals surface area contributed by atoms with Gasteiger partial charge < -0.3 is 9.90 Å². The predicted molar refractivity (Wildman–Crippen MR) is 44.5 cm³/mol. The molecule has 0 spiro atoms. The number of Topliss-reactive ketones (excluding diaryl/α,β-unsaturated/α-hetero) is 1. The molecule has 0 radical (unpaired) electrons. The van der Waals surface area contributed by atoms with Crippen molar-refractivity contribution in [1.82, 2.24) is 0 Å². The van der Waals surface area contributed by atoms with E-state index in [9.17, 15) is 9.90 Å². The molecule has 1 aromatic carbocycles. The number of carbonyl (C=O) groups excluding carboxylic acids is 1. The van der Waals surface area contributed by atoms with Crippen molar-refractivity contribution in [3.63, 3.8) is 0 Å². The van der Waals surface area contributed by atoms with E-state index in [-0.39, 0.29) is 41.8 Å². The molecule has 3 heteroatoms. The zero-order valence-electron chi connectivity index (χ0n) is 7.99. The molecule has 13 heavy (non-hydrogen) atoms. The summed E-state index contributed by atoms with van der Waals surface area (Å²) in [7, 11) is 0. The van der Waals surface area contributed by atoms with Gasteiger partial charge in [0, 0.05) is 0 Å². The van der Waals surface area contributed by atoms with Crippen molar-refractivity contribution in [2.75, 3.05) is 0 Å². The quantitative estimate of drug-likeness (QED) is 0.516. The van der Waals surface area contributed by atoms with Crippen LogP contribution in [0, 0.1) is 0 Å². The van der Waals surface area contributed by atoms with Crippen molar-refractivity contribution in [3.05, 3.63) is 35.9 Å². The van der Waals surface area contributed by atoms with E-state index in [0.717, 1.165) is 0 Å². The zero-order valence-corrected chi connectivity index (χ0v) is 9.99. The molecule has 1 unspecified atom stereocenters. The molecular weight excluding hydrogens is 175 g/mol. The van der Waals surface area contributed by atoms with Crippen molar-refractivity contribution in [2.24, 2.45) is 0 Å². The molecule has 0 aliphatic rings. The molecule has 1 aromatic rings. The maximum atomic E-state index is 11.3. The van der Waals surface area contributed by atoms with Gasteiger partial charge in [0.15, 0.2) is 0 Å². The Labute approximate surface area is 100 Å². The molecule has 1 atom stereocenters. The number of benzene rings is 1. The van der Waals surface area contributed by atoms with Crippen LogP contribution in [0.2, 0.25) is 0 Å². The first-order valence-electron chi connectivity index (χ1n) is 3.90. The first kappa shape index (κ1) is 12.8. The van der Waals surface area contributed by atoms with Gasteiger partial charge in [-0.1, -0.05) is 42.0 Å². The fraction of sp³-hybridized carbons (Fsp3) is 0.300. The van der Waals surface area contributed by atoms with E-state index in [2.05, 4.69) is 0 Å². The van der Waals surface area contributed by atoms with Crippen LogP contribution in [-0.4, -0.2) is 5.78 Å². The summed E-state index contributed by atoms with van der Waals surface area (Å²) in [6.45, 7) is 1.44. The summed E-state index contributed by atoms with van der Waals surface area (Å²) in [4.78, 5) is 10.6. The molecule has 0 saturated heterocycles. The Kier molecular flexibility index (Phi) is 6.25. The average Bonchev–Trinajstić information content (AvgIpc) is 2.05. The standard InChI is InChI=1S/C10H11O2.Na/c1-8(11)7-10(12)9-5-3-2-4-6-9;/h2-6,10H,7H2,1H3;/q-1;+1. The van der Waals surface area contributed by atoms with Gasteiger partial charge in [0.05, 0.1) is 0 Å². The van der Waals surface area contributed by atoms with Gasteiger partial charge in [0.2, 0.25) is 0 Å². The second kappa shape index (κ2) is 6.33. The Bertz CT molecular complexity index is 259. The van der Waals surface area contributed by atoms with Gasteiger partial charge in [-0.25, -0.2) is 0 Å². The molecular formula is C10H11NaO2. The Hall–Kier alpha value is -0.150. The summed E-state index contributed by atoms with van der Waals surface area (Å²) in [5.74, 6) is -0.0566. The van der Waals surface area contributed by atoms with E-state index in [0.29, 0.717) is 5.56 Å². The molecule has 0 N–H and O–H groups in total. The Morgan fingerprint density at radius 2 is 1.92 bits per heavy atom. The van der Waals surface area contributed by atoms with Gasteiger partial charge >= 0.3 is 29.6 Å². The van der Waals surface area contributed by atoms with E-state index < -0.39 is 6.10 Å². The summed E-state index contributed by atoms with van der Waals surface area (Å²) in [5, 5.41) is 11.3. The topological polar surface area (TPSA) is 40.1 Å². The molecule has 0 aliphatic carbocycles. The molecule has 2 nitrogen and oxygen atoms in total. The van der Waals surface area contributed by atoms with Crippen molar-refractivity contribution in [2.45, 2.75) is 19.4 Å². The fourth-order valence-corrected chi connectivity index (χ4v) is 1.05. The van der Waals surface area contributed by atoms with E-state index in [1.54, 1.807) is 24.3 Å². The third-order valence-corrected chi connectivity index (χ3v) is 1.64. The van der Waals surface area contributed by atoms with Crippen molar-refractivity contribution >= 4 is 5.78 Å². The van der Waals surface area contributed by atoms with Crippen molar-refractivity contribution in [3.8, 4) is 0 Å². The van der Waals surface area contributed by atoms with Crippen LogP contribution in [0.15, 0.2) is 30.3 Å². The van der Waals surface area contributed by atoms with Crippen LogP contribution in [0.3, 0.4) is 0 Å².